The molecule has 1 aromatic carbocycles. The van der Waals surface area contributed by atoms with Crippen molar-refractivity contribution in [1.29, 1.82) is 0 Å². The second kappa shape index (κ2) is 5.99. The summed E-state index contributed by atoms with van der Waals surface area (Å²) in [7, 11) is 0. The number of thiophene rings is 1. The smallest absolute Gasteiger partial charge is 0.201 e. The molecule has 19 heavy (non-hydrogen) atoms. The van der Waals surface area contributed by atoms with Crippen LogP contribution in [0.25, 0.3) is 0 Å². The topological polar surface area (TPSA) is 46.5 Å². The average Bonchev–Trinajstić information content (AvgIpc) is 2.75. The summed E-state index contributed by atoms with van der Waals surface area (Å²) in [5, 5.41) is 9.04. The summed E-state index contributed by atoms with van der Waals surface area (Å²) in [6.07, 6.45) is 0. The number of ether oxygens (including phenoxy) is 1. The zero-order valence-corrected chi connectivity index (χ0v) is 11.8. The molecule has 0 atom stereocenters. The van der Waals surface area contributed by atoms with Crippen LogP contribution < -0.4 is 4.74 Å². The molecule has 0 aliphatic heterocycles. The molecule has 0 spiro atoms. The Hall–Kier alpha value is -1.65. The number of rotatable bonds is 5. The maximum Gasteiger partial charge on any atom is 0.201 e. The number of carbonyl (C=O) groups excluding carboxylic acids is 1. The summed E-state index contributed by atoms with van der Waals surface area (Å²) in [5.41, 5.74) is 1.51. The Bertz CT molecular complexity index is 587. The molecule has 3 nitrogen and oxygen atoms in total. The molecule has 0 radical (unpaired) electrons. The number of ketones is 1. The van der Waals surface area contributed by atoms with Crippen molar-refractivity contribution in [2.75, 3.05) is 6.61 Å². The molecular weight excluding hydrogens is 260 g/mol. The monoisotopic (exact) mass is 276 g/mol. The van der Waals surface area contributed by atoms with Crippen molar-refractivity contribution in [3.63, 3.8) is 0 Å². The minimum atomic E-state index is -0.0338. The van der Waals surface area contributed by atoms with Crippen LogP contribution in [-0.2, 0) is 6.61 Å². The van der Waals surface area contributed by atoms with Gasteiger partial charge in [-0.05, 0) is 37.6 Å². The lowest BCUT2D eigenvalue weighted by atomic mass is 10.2. The van der Waals surface area contributed by atoms with Gasteiger partial charge in [0.1, 0.15) is 5.75 Å². The molecule has 4 heteroatoms. The Kier molecular flexibility index (Phi) is 4.35. The highest BCUT2D eigenvalue weighted by Gasteiger charge is 2.12. The molecule has 0 fully saturated rings. The highest BCUT2D eigenvalue weighted by atomic mass is 32.1. The third kappa shape index (κ3) is 3.43. The van der Waals surface area contributed by atoms with Gasteiger partial charge in [-0.1, -0.05) is 12.1 Å². The Balaban J connectivity index is 2.02. The van der Waals surface area contributed by atoms with E-state index in [1.54, 1.807) is 35.6 Å². The maximum absolute atomic E-state index is 12.0. The van der Waals surface area contributed by atoms with Crippen LogP contribution in [0.3, 0.4) is 0 Å². The number of hydrogen-bond acceptors (Lipinski definition) is 4. The van der Waals surface area contributed by atoms with Crippen LogP contribution in [-0.4, -0.2) is 17.5 Å². The summed E-state index contributed by atoms with van der Waals surface area (Å²) in [5.74, 6) is 0.584. The average molecular weight is 276 g/mol. The lowest BCUT2D eigenvalue weighted by Gasteiger charge is -2.06. The van der Waals surface area contributed by atoms with Crippen LogP contribution in [0.15, 0.2) is 30.3 Å². The molecule has 0 amide bonds. The molecule has 0 unspecified atom stereocenters. The van der Waals surface area contributed by atoms with Gasteiger partial charge in [-0.3, -0.25) is 4.79 Å². The number of carbonyl (C=O) groups is 1. The number of aliphatic hydroxyl groups excluding tert-OH is 1. The zero-order valence-electron chi connectivity index (χ0n) is 11.0. The van der Waals surface area contributed by atoms with Gasteiger partial charge >= 0.3 is 0 Å². The Morgan fingerprint density at radius 3 is 2.74 bits per heavy atom. The van der Waals surface area contributed by atoms with Gasteiger partial charge in [-0.15, -0.1) is 11.3 Å². The van der Waals surface area contributed by atoms with Gasteiger partial charge in [0.15, 0.2) is 6.61 Å². The van der Waals surface area contributed by atoms with E-state index in [9.17, 15) is 4.79 Å². The van der Waals surface area contributed by atoms with E-state index in [2.05, 4.69) is 0 Å². The van der Waals surface area contributed by atoms with Crippen LogP contribution in [0.1, 0.15) is 25.7 Å². The number of benzene rings is 1. The standard InChI is InChI=1S/C15H16O3S/c1-10-6-14(11(2)19-10)15(17)9-18-13-5-3-4-12(7-13)8-16/h3-7,16H,8-9H2,1-2H3. The Morgan fingerprint density at radius 2 is 2.11 bits per heavy atom. The first-order valence-corrected chi connectivity index (χ1v) is 6.84. The van der Waals surface area contributed by atoms with Crippen molar-refractivity contribution in [1.82, 2.24) is 0 Å². The van der Waals surface area contributed by atoms with Gasteiger partial charge in [0, 0.05) is 15.3 Å². The van der Waals surface area contributed by atoms with Gasteiger partial charge in [-0.25, -0.2) is 0 Å². The highest BCUT2D eigenvalue weighted by Crippen LogP contribution is 2.21. The summed E-state index contributed by atoms with van der Waals surface area (Å²) in [6, 6.07) is 9.01. The van der Waals surface area contributed by atoms with E-state index in [1.807, 2.05) is 19.9 Å². The third-order valence-corrected chi connectivity index (χ3v) is 3.76. The first-order chi connectivity index (χ1) is 9.10. The van der Waals surface area contributed by atoms with E-state index in [1.165, 1.54) is 0 Å². The molecule has 0 aliphatic carbocycles. The largest absolute Gasteiger partial charge is 0.485 e. The van der Waals surface area contributed by atoms with E-state index in [-0.39, 0.29) is 19.0 Å². The quantitative estimate of drug-likeness (QED) is 0.853. The minimum Gasteiger partial charge on any atom is -0.485 e. The molecule has 100 valence electrons. The summed E-state index contributed by atoms with van der Waals surface area (Å²) >= 11 is 1.62. The van der Waals surface area contributed by atoms with Gasteiger partial charge in [0.25, 0.3) is 0 Å². The lowest BCUT2D eigenvalue weighted by Crippen LogP contribution is -2.11. The molecule has 1 N–H and O–H groups in total. The molecule has 0 saturated heterocycles. The second-order valence-corrected chi connectivity index (χ2v) is 5.80. The number of hydrogen-bond donors (Lipinski definition) is 1. The summed E-state index contributed by atoms with van der Waals surface area (Å²) in [4.78, 5) is 14.2. The lowest BCUT2D eigenvalue weighted by molar-refractivity contribution is 0.0921. The van der Waals surface area contributed by atoms with Gasteiger partial charge in [-0.2, -0.15) is 0 Å². The summed E-state index contributed by atoms with van der Waals surface area (Å²) < 4.78 is 5.47. The normalized spacial score (nSPS) is 10.5. The Labute approximate surface area is 116 Å². The van der Waals surface area contributed by atoms with Crippen LogP contribution in [0, 0.1) is 13.8 Å². The number of aliphatic hydroxyl groups is 1. The Morgan fingerprint density at radius 1 is 1.32 bits per heavy atom. The summed E-state index contributed by atoms with van der Waals surface area (Å²) in [6.45, 7) is 3.91. The maximum atomic E-state index is 12.0. The van der Waals surface area contributed by atoms with Crippen LogP contribution in [0.2, 0.25) is 0 Å². The molecule has 2 rings (SSSR count). The second-order valence-electron chi connectivity index (χ2n) is 4.34. The van der Waals surface area contributed by atoms with E-state index in [0.29, 0.717) is 5.75 Å². The molecule has 2 aromatic rings. The molecular formula is C15H16O3S. The first-order valence-electron chi connectivity index (χ1n) is 6.03. The fraction of sp³-hybridized carbons (Fsp3) is 0.267. The van der Waals surface area contributed by atoms with E-state index >= 15 is 0 Å². The van der Waals surface area contributed by atoms with Crippen molar-refractivity contribution in [3.05, 3.63) is 51.2 Å². The van der Waals surface area contributed by atoms with E-state index < -0.39 is 0 Å². The molecule has 0 saturated carbocycles. The predicted octanol–water partition coefficient (Wildman–Crippen LogP) is 3.12. The van der Waals surface area contributed by atoms with Crippen molar-refractivity contribution < 1.29 is 14.6 Å². The van der Waals surface area contributed by atoms with Gasteiger partial charge in [0.2, 0.25) is 5.78 Å². The van der Waals surface area contributed by atoms with Crippen LogP contribution in [0.4, 0.5) is 0 Å². The SMILES string of the molecule is Cc1cc(C(=O)COc2cccc(CO)c2)c(C)s1. The van der Waals surface area contributed by atoms with E-state index in [0.717, 1.165) is 20.9 Å². The van der Waals surface area contributed by atoms with E-state index in [4.69, 9.17) is 9.84 Å². The zero-order chi connectivity index (χ0) is 13.8. The highest BCUT2D eigenvalue weighted by molar-refractivity contribution is 7.12. The molecule has 1 aromatic heterocycles. The van der Waals surface area contributed by atoms with Gasteiger partial charge in [0.05, 0.1) is 6.61 Å². The minimum absolute atomic E-state index is 0.0174. The molecule has 1 heterocycles. The number of aryl methyl sites for hydroxylation is 2. The predicted molar refractivity (Wildman–Crippen MR) is 76.0 cm³/mol. The van der Waals surface area contributed by atoms with Gasteiger partial charge < -0.3 is 9.84 Å². The van der Waals surface area contributed by atoms with Crippen molar-refractivity contribution in [3.8, 4) is 5.75 Å². The fourth-order valence-electron chi connectivity index (χ4n) is 1.87. The van der Waals surface area contributed by atoms with Crippen molar-refractivity contribution in [2.24, 2.45) is 0 Å². The third-order valence-electron chi connectivity index (χ3n) is 2.79. The molecule has 0 aliphatic rings. The van der Waals surface area contributed by atoms with Crippen molar-refractivity contribution >= 4 is 17.1 Å². The number of Topliss-reactive ketones (excluding diaryl/α,β-unsaturated/α-hetero) is 1. The fourth-order valence-corrected chi connectivity index (χ4v) is 2.81. The molecule has 0 bridgehead atoms. The van der Waals surface area contributed by atoms with Crippen LogP contribution >= 0.6 is 11.3 Å². The van der Waals surface area contributed by atoms with Crippen LogP contribution in [0.5, 0.6) is 5.75 Å². The van der Waals surface area contributed by atoms with Crippen molar-refractivity contribution in [2.45, 2.75) is 20.5 Å². The first kappa shape index (κ1) is 13.8.